The first-order valence-corrected chi connectivity index (χ1v) is 8.14. The molecule has 1 N–H and O–H groups in total. The second kappa shape index (κ2) is 8.12. The fraction of sp³-hybridized carbons (Fsp3) is 0.500. The molecule has 0 saturated carbocycles. The van der Waals surface area contributed by atoms with Crippen molar-refractivity contribution in [3.05, 3.63) is 46.5 Å². The second-order valence-electron chi connectivity index (χ2n) is 5.05. The smallest absolute Gasteiger partial charge is 0.0803 e. The van der Waals surface area contributed by atoms with E-state index in [-0.39, 0.29) is 0 Å². The first-order chi connectivity index (χ1) is 9.85. The highest BCUT2D eigenvalue weighted by Gasteiger charge is 2.16. The van der Waals surface area contributed by atoms with Crippen molar-refractivity contribution in [3.8, 4) is 0 Å². The zero-order chi connectivity index (χ0) is 14.2. The summed E-state index contributed by atoms with van der Waals surface area (Å²) in [6.45, 7) is 2.19. The standard InChI is InChI=1S/C16H23N3S/c1-3-8-15-16(20-19-18-15)14(17-2)12-7-11-13-9-5-4-6-10-13/h4-6,9-10,14,17H,3,7-8,11-12H2,1-2H3. The normalized spacial score (nSPS) is 12.5. The Labute approximate surface area is 125 Å². The molecule has 0 aliphatic heterocycles. The Hall–Kier alpha value is -1.26. The van der Waals surface area contributed by atoms with Crippen LogP contribution in [-0.2, 0) is 12.8 Å². The number of nitrogens with one attached hydrogen (secondary N) is 1. The van der Waals surface area contributed by atoms with Crippen LogP contribution in [0, 0.1) is 0 Å². The van der Waals surface area contributed by atoms with Gasteiger partial charge in [0.15, 0.2) is 0 Å². The molecule has 2 rings (SSSR count). The van der Waals surface area contributed by atoms with Crippen LogP contribution in [0.1, 0.15) is 48.4 Å². The molecule has 0 amide bonds. The number of rotatable bonds is 8. The minimum Gasteiger partial charge on any atom is -0.312 e. The van der Waals surface area contributed by atoms with Gasteiger partial charge in [-0.3, -0.25) is 0 Å². The molecule has 0 radical (unpaired) electrons. The van der Waals surface area contributed by atoms with E-state index in [9.17, 15) is 0 Å². The summed E-state index contributed by atoms with van der Waals surface area (Å²) in [5.74, 6) is 0. The van der Waals surface area contributed by atoms with E-state index in [1.165, 1.54) is 22.6 Å². The molecule has 0 bridgehead atoms. The summed E-state index contributed by atoms with van der Waals surface area (Å²) >= 11 is 1.54. The fourth-order valence-corrected chi connectivity index (χ4v) is 3.29. The Morgan fingerprint density at radius 1 is 1.20 bits per heavy atom. The van der Waals surface area contributed by atoms with E-state index in [1.807, 2.05) is 7.05 Å². The van der Waals surface area contributed by atoms with Gasteiger partial charge in [0, 0.05) is 6.04 Å². The Kier molecular flexibility index (Phi) is 6.15. The maximum Gasteiger partial charge on any atom is 0.0803 e. The summed E-state index contributed by atoms with van der Waals surface area (Å²) in [6, 6.07) is 11.1. The van der Waals surface area contributed by atoms with Gasteiger partial charge in [-0.05, 0) is 49.8 Å². The van der Waals surface area contributed by atoms with E-state index < -0.39 is 0 Å². The molecule has 2 aromatic rings. The molecule has 1 atom stereocenters. The maximum atomic E-state index is 4.27. The lowest BCUT2D eigenvalue weighted by atomic mass is 10.0. The zero-order valence-electron chi connectivity index (χ0n) is 12.3. The van der Waals surface area contributed by atoms with Crippen LogP contribution in [0.4, 0.5) is 0 Å². The van der Waals surface area contributed by atoms with Crippen molar-refractivity contribution in [1.82, 2.24) is 14.9 Å². The summed E-state index contributed by atoms with van der Waals surface area (Å²) in [5, 5.41) is 7.69. The largest absolute Gasteiger partial charge is 0.312 e. The Morgan fingerprint density at radius 3 is 2.70 bits per heavy atom. The minimum absolute atomic E-state index is 0.389. The predicted octanol–water partition coefficient (Wildman–Crippen LogP) is 3.77. The second-order valence-corrected chi connectivity index (χ2v) is 5.84. The van der Waals surface area contributed by atoms with Crippen LogP contribution in [-0.4, -0.2) is 16.6 Å². The molecule has 0 saturated heterocycles. The summed E-state index contributed by atoms with van der Waals surface area (Å²) in [4.78, 5) is 1.32. The molecule has 108 valence electrons. The van der Waals surface area contributed by atoms with Gasteiger partial charge in [0.2, 0.25) is 0 Å². The minimum atomic E-state index is 0.389. The van der Waals surface area contributed by atoms with E-state index in [2.05, 4.69) is 52.2 Å². The maximum absolute atomic E-state index is 4.27. The monoisotopic (exact) mass is 289 g/mol. The molecule has 0 fully saturated rings. The molecule has 1 unspecified atom stereocenters. The number of aryl methyl sites for hydroxylation is 2. The topological polar surface area (TPSA) is 37.8 Å². The Morgan fingerprint density at radius 2 is 2.00 bits per heavy atom. The lowest BCUT2D eigenvalue weighted by Gasteiger charge is -2.15. The van der Waals surface area contributed by atoms with Crippen molar-refractivity contribution in [2.45, 2.75) is 45.1 Å². The first-order valence-electron chi connectivity index (χ1n) is 7.37. The van der Waals surface area contributed by atoms with Gasteiger partial charge in [-0.25, -0.2) is 0 Å². The molecule has 20 heavy (non-hydrogen) atoms. The first kappa shape index (κ1) is 15.1. The molecule has 0 aliphatic rings. The van der Waals surface area contributed by atoms with E-state index in [0.717, 1.165) is 25.7 Å². The van der Waals surface area contributed by atoms with Crippen LogP contribution < -0.4 is 5.32 Å². The number of aromatic nitrogens is 2. The van der Waals surface area contributed by atoms with E-state index in [1.54, 1.807) is 11.5 Å². The molecule has 0 aliphatic carbocycles. The average Bonchev–Trinajstić information content (AvgIpc) is 2.93. The summed E-state index contributed by atoms with van der Waals surface area (Å²) in [5.41, 5.74) is 2.59. The van der Waals surface area contributed by atoms with Crippen molar-refractivity contribution in [3.63, 3.8) is 0 Å². The van der Waals surface area contributed by atoms with E-state index >= 15 is 0 Å². The van der Waals surface area contributed by atoms with Crippen molar-refractivity contribution >= 4 is 11.5 Å². The summed E-state index contributed by atoms with van der Waals surface area (Å²) in [7, 11) is 2.03. The molecule has 1 heterocycles. The Balaban J connectivity index is 1.90. The third-order valence-electron chi connectivity index (χ3n) is 3.54. The van der Waals surface area contributed by atoms with Gasteiger partial charge in [-0.2, -0.15) is 0 Å². The fourth-order valence-electron chi connectivity index (χ4n) is 2.45. The van der Waals surface area contributed by atoms with Crippen molar-refractivity contribution in [2.75, 3.05) is 7.05 Å². The molecule has 1 aromatic carbocycles. The van der Waals surface area contributed by atoms with Crippen molar-refractivity contribution < 1.29 is 0 Å². The number of nitrogens with zero attached hydrogens (tertiary/aromatic N) is 2. The van der Waals surface area contributed by atoms with Crippen LogP contribution in [0.2, 0.25) is 0 Å². The van der Waals surface area contributed by atoms with Gasteiger partial charge in [-0.1, -0.05) is 48.2 Å². The molecular formula is C16H23N3S. The third kappa shape index (κ3) is 4.12. The molecular weight excluding hydrogens is 266 g/mol. The van der Waals surface area contributed by atoms with Gasteiger partial charge in [0.05, 0.1) is 10.6 Å². The highest BCUT2D eigenvalue weighted by molar-refractivity contribution is 7.05. The molecule has 4 heteroatoms. The van der Waals surface area contributed by atoms with Crippen LogP contribution in [0.15, 0.2) is 30.3 Å². The molecule has 0 spiro atoms. The van der Waals surface area contributed by atoms with E-state index in [0.29, 0.717) is 6.04 Å². The highest BCUT2D eigenvalue weighted by atomic mass is 32.1. The van der Waals surface area contributed by atoms with Crippen molar-refractivity contribution in [1.29, 1.82) is 0 Å². The Bertz CT molecular complexity index is 495. The summed E-state index contributed by atoms with van der Waals surface area (Å²) < 4.78 is 4.13. The van der Waals surface area contributed by atoms with Crippen molar-refractivity contribution in [2.24, 2.45) is 0 Å². The third-order valence-corrected chi connectivity index (χ3v) is 4.42. The van der Waals surface area contributed by atoms with Crippen LogP contribution in [0.3, 0.4) is 0 Å². The van der Waals surface area contributed by atoms with E-state index in [4.69, 9.17) is 0 Å². The van der Waals surface area contributed by atoms with Gasteiger partial charge < -0.3 is 5.32 Å². The quantitative estimate of drug-likeness (QED) is 0.804. The van der Waals surface area contributed by atoms with Gasteiger partial charge in [-0.15, -0.1) is 5.10 Å². The number of hydrogen-bond acceptors (Lipinski definition) is 4. The average molecular weight is 289 g/mol. The van der Waals surface area contributed by atoms with Gasteiger partial charge >= 0.3 is 0 Å². The highest BCUT2D eigenvalue weighted by Crippen LogP contribution is 2.25. The number of hydrogen-bond donors (Lipinski definition) is 1. The zero-order valence-corrected chi connectivity index (χ0v) is 13.1. The predicted molar refractivity (Wildman–Crippen MR) is 85.1 cm³/mol. The van der Waals surface area contributed by atoms with Crippen LogP contribution >= 0.6 is 11.5 Å². The van der Waals surface area contributed by atoms with Gasteiger partial charge in [0.25, 0.3) is 0 Å². The SMILES string of the molecule is CCCc1nnsc1C(CCCc1ccccc1)NC. The lowest BCUT2D eigenvalue weighted by molar-refractivity contribution is 0.529. The lowest BCUT2D eigenvalue weighted by Crippen LogP contribution is -2.17. The summed E-state index contributed by atoms with van der Waals surface area (Å²) in [6.07, 6.45) is 5.60. The molecule has 1 aromatic heterocycles. The van der Waals surface area contributed by atoms with Gasteiger partial charge in [0.1, 0.15) is 0 Å². The molecule has 3 nitrogen and oxygen atoms in total. The number of benzene rings is 1. The van der Waals surface area contributed by atoms with Crippen LogP contribution in [0.25, 0.3) is 0 Å². The van der Waals surface area contributed by atoms with Crippen LogP contribution in [0.5, 0.6) is 0 Å².